The highest BCUT2D eigenvalue weighted by Gasteiger charge is 2.15. The van der Waals surface area contributed by atoms with Gasteiger partial charge in [-0.3, -0.25) is 4.79 Å². The van der Waals surface area contributed by atoms with Crippen LogP contribution in [0.5, 0.6) is 5.75 Å². The lowest BCUT2D eigenvalue weighted by Gasteiger charge is -2.16. The number of ether oxygens (including phenoxy) is 1. The van der Waals surface area contributed by atoms with Gasteiger partial charge in [-0.2, -0.15) is 5.26 Å². The summed E-state index contributed by atoms with van der Waals surface area (Å²) in [5.41, 5.74) is 2.45. The molecule has 112 valence electrons. The number of benzene rings is 2. The van der Waals surface area contributed by atoms with Crippen molar-refractivity contribution in [2.45, 2.75) is 26.4 Å². The monoisotopic (exact) mass is 294 g/mol. The molecule has 0 bridgehead atoms. The van der Waals surface area contributed by atoms with E-state index in [1.165, 1.54) is 0 Å². The number of hydrogen-bond acceptors (Lipinski definition) is 3. The number of para-hydroxylation sites is 1. The molecule has 0 spiro atoms. The predicted molar refractivity (Wildman–Crippen MR) is 85.7 cm³/mol. The average Bonchev–Trinajstić information content (AvgIpc) is 2.56. The first-order valence-corrected chi connectivity index (χ1v) is 7.19. The lowest BCUT2D eigenvalue weighted by Crippen LogP contribution is -2.30. The molecule has 2 aromatic rings. The first-order valence-electron chi connectivity index (χ1n) is 7.19. The van der Waals surface area contributed by atoms with Gasteiger partial charge in [0.1, 0.15) is 5.75 Å². The van der Waals surface area contributed by atoms with Crippen LogP contribution in [0.3, 0.4) is 0 Å². The normalized spacial score (nSPS) is 11.3. The van der Waals surface area contributed by atoms with Crippen LogP contribution in [-0.4, -0.2) is 12.0 Å². The van der Waals surface area contributed by atoms with E-state index in [-0.39, 0.29) is 5.91 Å². The van der Waals surface area contributed by atoms with E-state index >= 15 is 0 Å². The molecule has 22 heavy (non-hydrogen) atoms. The van der Waals surface area contributed by atoms with E-state index < -0.39 is 6.10 Å². The van der Waals surface area contributed by atoms with Crippen LogP contribution < -0.4 is 10.1 Å². The number of hydrogen-bond donors (Lipinski definition) is 1. The zero-order valence-electron chi connectivity index (χ0n) is 12.7. The van der Waals surface area contributed by atoms with Crippen molar-refractivity contribution in [3.8, 4) is 11.8 Å². The molecule has 4 heteroatoms. The fourth-order valence-corrected chi connectivity index (χ4v) is 2.05. The molecule has 2 aromatic carbocycles. The number of carbonyl (C=O) groups excluding carboxylic acids is 1. The summed E-state index contributed by atoms with van der Waals surface area (Å²) in [6.07, 6.45) is 0.222. The molecular formula is C18H18N2O2. The van der Waals surface area contributed by atoms with Gasteiger partial charge in [0.15, 0.2) is 6.10 Å². The molecule has 0 radical (unpaired) electrons. The molecule has 0 unspecified atom stereocenters. The van der Waals surface area contributed by atoms with E-state index in [2.05, 4.69) is 5.32 Å². The van der Waals surface area contributed by atoms with Gasteiger partial charge in [-0.15, -0.1) is 0 Å². The second-order valence-electron chi connectivity index (χ2n) is 4.90. The number of aryl methyl sites for hydroxylation is 1. The van der Waals surface area contributed by atoms with Gasteiger partial charge in [0.2, 0.25) is 0 Å². The van der Waals surface area contributed by atoms with E-state index in [1.807, 2.05) is 37.3 Å². The van der Waals surface area contributed by atoms with Crippen molar-refractivity contribution >= 4 is 11.6 Å². The van der Waals surface area contributed by atoms with E-state index in [9.17, 15) is 4.79 Å². The molecule has 0 aliphatic carbocycles. The van der Waals surface area contributed by atoms with Crippen molar-refractivity contribution in [3.05, 3.63) is 59.7 Å². The Morgan fingerprint density at radius 2 is 1.91 bits per heavy atom. The molecule has 1 atom stereocenters. The van der Waals surface area contributed by atoms with Crippen LogP contribution in [0.4, 0.5) is 5.69 Å². The molecule has 0 aromatic heterocycles. The zero-order valence-corrected chi connectivity index (χ0v) is 12.7. The topological polar surface area (TPSA) is 62.1 Å². The third kappa shape index (κ3) is 3.86. The largest absolute Gasteiger partial charge is 0.481 e. The minimum absolute atomic E-state index is 0.203. The molecule has 0 saturated carbocycles. The summed E-state index contributed by atoms with van der Waals surface area (Å²) >= 11 is 0. The average molecular weight is 294 g/mol. The first kappa shape index (κ1) is 15.6. The van der Waals surface area contributed by atoms with Gasteiger partial charge in [0, 0.05) is 5.69 Å². The predicted octanol–water partition coefficient (Wildman–Crippen LogP) is 3.53. The van der Waals surface area contributed by atoms with E-state index in [1.54, 1.807) is 31.2 Å². The van der Waals surface area contributed by atoms with Crippen LogP contribution in [0.15, 0.2) is 48.5 Å². The van der Waals surface area contributed by atoms with Crippen molar-refractivity contribution in [1.82, 2.24) is 0 Å². The standard InChI is InChI=1S/C18H18N2O2/c1-3-15-6-4-5-7-17(15)20-18(21)13(2)22-16-10-8-14(12-19)9-11-16/h4-11,13H,3H2,1-2H3,(H,20,21)/t13-/m0/s1. The second kappa shape index (κ2) is 7.28. The van der Waals surface area contributed by atoms with Crippen LogP contribution in [0.25, 0.3) is 0 Å². The lowest BCUT2D eigenvalue weighted by atomic mass is 10.1. The van der Waals surface area contributed by atoms with Crippen LogP contribution in [-0.2, 0) is 11.2 Å². The van der Waals surface area contributed by atoms with Crippen LogP contribution in [0.2, 0.25) is 0 Å². The summed E-state index contributed by atoms with van der Waals surface area (Å²) in [7, 11) is 0. The van der Waals surface area contributed by atoms with Gasteiger partial charge in [0.25, 0.3) is 5.91 Å². The summed E-state index contributed by atoms with van der Waals surface area (Å²) in [6.45, 7) is 3.74. The maximum Gasteiger partial charge on any atom is 0.265 e. The van der Waals surface area contributed by atoms with E-state index in [4.69, 9.17) is 10.00 Å². The lowest BCUT2D eigenvalue weighted by molar-refractivity contribution is -0.122. The molecule has 0 saturated heterocycles. The van der Waals surface area contributed by atoms with Gasteiger partial charge in [-0.05, 0) is 49.2 Å². The highest BCUT2D eigenvalue weighted by molar-refractivity contribution is 5.94. The quantitative estimate of drug-likeness (QED) is 0.917. The third-order valence-electron chi connectivity index (χ3n) is 3.32. The van der Waals surface area contributed by atoms with Gasteiger partial charge in [0.05, 0.1) is 11.6 Å². The Morgan fingerprint density at radius 1 is 1.23 bits per heavy atom. The molecule has 1 N–H and O–H groups in total. The maximum absolute atomic E-state index is 12.2. The van der Waals surface area contributed by atoms with Crippen LogP contribution in [0, 0.1) is 11.3 Å². The Kier molecular flexibility index (Phi) is 5.16. The minimum Gasteiger partial charge on any atom is -0.481 e. The Morgan fingerprint density at radius 3 is 2.55 bits per heavy atom. The highest BCUT2D eigenvalue weighted by atomic mass is 16.5. The Hall–Kier alpha value is -2.80. The molecule has 0 fully saturated rings. The van der Waals surface area contributed by atoms with Crippen molar-refractivity contribution in [3.63, 3.8) is 0 Å². The number of nitrogens with zero attached hydrogens (tertiary/aromatic N) is 1. The first-order chi connectivity index (χ1) is 10.6. The summed E-state index contributed by atoms with van der Waals surface area (Å²) in [5, 5.41) is 11.6. The molecular weight excluding hydrogens is 276 g/mol. The van der Waals surface area contributed by atoms with Gasteiger partial charge >= 0.3 is 0 Å². The number of amides is 1. The maximum atomic E-state index is 12.2. The van der Waals surface area contributed by atoms with E-state index in [0.717, 1.165) is 17.7 Å². The molecule has 1 amide bonds. The second-order valence-corrected chi connectivity index (χ2v) is 4.90. The fourth-order valence-electron chi connectivity index (χ4n) is 2.05. The number of nitrogens with one attached hydrogen (secondary N) is 1. The number of carbonyl (C=O) groups is 1. The molecule has 2 rings (SSSR count). The van der Waals surface area contributed by atoms with Crippen molar-refractivity contribution in [2.75, 3.05) is 5.32 Å². The molecule has 4 nitrogen and oxygen atoms in total. The SMILES string of the molecule is CCc1ccccc1NC(=O)[C@H](C)Oc1ccc(C#N)cc1. The van der Waals surface area contributed by atoms with Crippen molar-refractivity contribution in [2.24, 2.45) is 0 Å². The van der Waals surface area contributed by atoms with Crippen molar-refractivity contribution < 1.29 is 9.53 Å². The molecule has 0 aliphatic rings. The van der Waals surface area contributed by atoms with E-state index in [0.29, 0.717) is 11.3 Å². The summed E-state index contributed by atoms with van der Waals surface area (Å²) in [6, 6.07) is 16.4. The van der Waals surface area contributed by atoms with Gasteiger partial charge in [-0.25, -0.2) is 0 Å². The molecule has 0 heterocycles. The van der Waals surface area contributed by atoms with Gasteiger partial charge in [-0.1, -0.05) is 25.1 Å². The smallest absolute Gasteiger partial charge is 0.265 e. The Bertz CT molecular complexity index is 687. The summed E-state index contributed by atoms with van der Waals surface area (Å²) in [4.78, 5) is 12.2. The number of anilines is 1. The summed E-state index contributed by atoms with van der Waals surface area (Å²) in [5.74, 6) is 0.357. The number of rotatable bonds is 5. The zero-order chi connectivity index (χ0) is 15.9. The molecule has 0 aliphatic heterocycles. The van der Waals surface area contributed by atoms with Crippen molar-refractivity contribution in [1.29, 1.82) is 5.26 Å². The third-order valence-corrected chi connectivity index (χ3v) is 3.32. The Labute approximate surface area is 130 Å². The highest BCUT2D eigenvalue weighted by Crippen LogP contribution is 2.17. The fraction of sp³-hybridized carbons (Fsp3) is 0.222. The number of nitriles is 1. The minimum atomic E-state index is -0.627. The van der Waals surface area contributed by atoms with Crippen LogP contribution in [0.1, 0.15) is 25.0 Å². The van der Waals surface area contributed by atoms with Gasteiger partial charge < -0.3 is 10.1 Å². The Balaban J connectivity index is 2.01. The van der Waals surface area contributed by atoms with Crippen LogP contribution >= 0.6 is 0 Å². The summed E-state index contributed by atoms with van der Waals surface area (Å²) < 4.78 is 5.60.